The lowest BCUT2D eigenvalue weighted by atomic mass is 10.1. The normalized spacial score (nSPS) is 16.6. The summed E-state index contributed by atoms with van der Waals surface area (Å²) in [6.07, 6.45) is 1.46. The molecule has 0 spiro atoms. The summed E-state index contributed by atoms with van der Waals surface area (Å²) >= 11 is 7.58. The molecule has 0 radical (unpaired) electrons. The Bertz CT molecular complexity index is 1730. The first-order valence-electron chi connectivity index (χ1n) is 15.0. The van der Waals surface area contributed by atoms with Gasteiger partial charge in [-0.1, -0.05) is 79.6 Å². The fourth-order valence-corrected chi connectivity index (χ4v) is 8.04. The number of benzene rings is 2. The third-order valence-corrected chi connectivity index (χ3v) is 11.1. The number of nitrogens with one attached hydrogen (secondary N) is 1. The van der Waals surface area contributed by atoms with E-state index in [1.54, 1.807) is 31.2 Å². The number of amides is 1. The monoisotopic (exact) mass is 672 g/mol. The predicted octanol–water partition coefficient (Wildman–Crippen LogP) is 4.48. The van der Waals surface area contributed by atoms with Gasteiger partial charge in [-0.3, -0.25) is 4.79 Å². The Balaban J connectivity index is 1.44. The van der Waals surface area contributed by atoms with Gasteiger partial charge >= 0.3 is 0 Å². The number of aliphatic hydroxyl groups excluding tert-OH is 1. The lowest BCUT2D eigenvalue weighted by Gasteiger charge is -2.39. The number of carbonyl (C=O) groups is 1. The first kappa shape index (κ1) is 33.2. The molecule has 11 nitrogen and oxygen atoms in total. The van der Waals surface area contributed by atoms with E-state index < -0.39 is 28.3 Å². The number of hydrogen-bond acceptors (Lipinski definition) is 10. The van der Waals surface area contributed by atoms with E-state index in [0.29, 0.717) is 15.3 Å². The number of sulfonamides is 1. The maximum Gasteiger partial charge on any atom is 0.243 e. The van der Waals surface area contributed by atoms with Crippen LogP contribution in [0.3, 0.4) is 0 Å². The molecule has 2 atom stereocenters. The predicted molar refractivity (Wildman–Crippen MR) is 175 cm³/mol. The SMILES string of the molecule is CCCc1ccc(CNC(=O)[C@H]2CN(c3nc4c(C(O)OCC)nnc(Cl)c4s3)CCN2S(=O)(=O)c2ccc(CC)cc2)cc1. The van der Waals surface area contributed by atoms with E-state index in [0.717, 1.165) is 30.4 Å². The van der Waals surface area contributed by atoms with Gasteiger partial charge < -0.3 is 20.1 Å². The average Bonchev–Trinajstić information content (AvgIpc) is 3.51. The van der Waals surface area contributed by atoms with Crippen molar-refractivity contribution in [3.05, 3.63) is 76.1 Å². The molecule has 0 bridgehead atoms. The zero-order valence-corrected chi connectivity index (χ0v) is 27.8. The Morgan fingerprint density at radius 1 is 1.07 bits per heavy atom. The van der Waals surface area contributed by atoms with Gasteiger partial charge in [0.05, 0.1) is 9.60 Å². The maximum absolute atomic E-state index is 13.9. The van der Waals surface area contributed by atoms with Crippen molar-refractivity contribution in [1.29, 1.82) is 0 Å². The van der Waals surface area contributed by atoms with Gasteiger partial charge in [0, 0.05) is 32.8 Å². The molecule has 1 unspecified atom stereocenters. The number of halogens is 1. The molecule has 1 fully saturated rings. The molecule has 1 aliphatic heterocycles. The van der Waals surface area contributed by atoms with E-state index in [2.05, 4.69) is 22.4 Å². The van der Waals surface area contributed by atoms with Crippen LogP contribution in [0.25, 0.3) is 10.2 Å². The van der Waals surface area contributed by atoms with Gasteiger partial charge in [-0.05, 0) is 48.6 Å². The molecule has 5 rings (SSSR count). The average molecular weight is 673 g/mol. The molecule has 2 aromatic carbocycles. The second-order valence-corrected chi connectivity index (χ2v) is 13.9. The van der Waals surface area contributed by atoms with Crippen LogP contribution < -0.4 is 10.2 Å². The number of aryl methyl sites for hydroxylation is 2. The highest BCUT2D eigenvalue weighted by Crippen LogP contribution is 2.37. The molecule has 45 heavy (non-hydrogen) atoms. The molecule has 2 N–H and O–H groups in total. The number of rotatable bonds is 12. The minimum Gasteiger partial charge on any atom is -0.363 e. The number of fused-ring (bicyclic) bond motifs is 1. The summed E-state index contributed by atoms with van der Waals surface area (Å²) < 4.78 is 34.9. The van der Waals surface area contributed by atoms with Crippen LogP contribution in [0.1, 0.15) is 55.9 Å². The van der Waals surface area contributed by atoms with Gasteiger partial charge in [0.25, 0.3) is 0 Å². The summed E-state index contributed by atoms with van der Waals surface area (Å²) in [5, 5.41) is 22.0. The summed E-state index contributed by atoms with van der Waals surface area (Å²) in [6.45, 7) is 6.76. The van der Waals surface area contributed by atoms with E-state index in [1.807, 2.05) is 36.1 Å². The van der Waals surface area contributed by atoms with Gasteiger partial charge in [-0.2, -0.15) is 4.31 Å². The highest BCUT2D eigenvalue weighted by molar-refractivity contribution is 7.89. The van der Waals surface area contributed by atoms with E-state index in [4.69, 9.17) is 21.3 Å². The first-order valence-corrected chi connectivity index (χ1v) is 17.6. The van der Waals surface area contributed by atoms with Crippen molar-refractivity contribution in [3.63, 3.8) is 0 Å². The van der Waals surface area contributed by atoms with Crippen LogP contribution in [0.15, 0.2) is 53.4 Å². The number of nitrogens with zero attached hydrogens (tertiary/aromatic N) is 5. The Hall–Kier alpha value is -3.20. The number of thiazole rings is 1. The number of carbonyl (C=O) groups excluding carboxylic acids is 1. The van der Waals surface area contributed by atoms with Crippen molar-refractivity contribution >= 4 is 54.2 Å². The number of piperazine rings is 1. The standard InChI is InChI=1S/C31H37ClN6O5S2/c1-4-7-21-8-10-22(11-9-21)18-33-29(39)24-19-37(16-17-38(24)45(41,42)23-14-12-20(5-2)13-15-23)31-34-25-26(30(40)43-6-3)35-36-28(32)27(25)44-31/h8-15,24,30,40H,4-7,16-19H2,1-3H3,(H,33,39)/t24-,30?/m1/s1. The van der Waals surface area contributed by atoms with Crippen molar-refractivity contribution in [2.75, 3.05) is 31.1 Å². The summed E-state index contributed by atoms with van der Waals surface area (Å²) in [5.74, 6) is -0.416. The number of ether oxygens (including phenoxy) is 1. The highest BCUT2D eigenvalue weighted by atomic mass is 35.5. The lowest BCUT2D eigenvalue weighted by Crippen LogP contribution is -2.60. The molecule has 1 saturated heterocycles. The molecular formula is C31H37ClN6O5S2. The smallest absolute Gasteiger partial charge is 0.243 e. The Morgan fingerprint density at radius 3 is 2.42 bits per heavy atom. The van der Waals surface area contributed by atoms with Crippen LogP contribution in [0.2, 0.25) is 5.15 Å². The number of aliphatic hydroxyl groups is 1. The van der Waals surface area contributed by atoms with Crippen LogP contribution in [-0.2, 0) is 38.9 Å². The fraction of sp³-hybridized carbons (Fsp3) is 0.419. The lowest BCUT2D eigenvalue weighted by molar-refractivity contribution is -0.125. The molecule has 4 aromatic rings. The summed E-state index contributed by atoms with van der Waals surface area (Å²) in [6, 6.07) is 13.8. The minimum atomic E-state index is -4.00. The topological polar surface area (TPSA) is 138 Å². The molecule has 14 heteroatoms. The van der Waals surface area contributed by atoms with Crippen LogP contribution in [0.5, 0.6) is 0 Å². The van der Waals surface area contributed by atoms with Crippen LogP contribution >= 0.6 is 22.9 Å². The summed E-state index contributed by atoms with van der Waals surface area (Å²) in [5.41, 5.74) is 3.64. The van der Waals surface area contributed by atoms with Crippen molar-refractivity contribution in [3.8, 4) is 0 Å². The fourth-order valence-electron chi connectivity index (χ4n) is 5.24. The third kappa shape index (κ3) is 7.29. The largest absolute Gasteiger partial charge is 0.363 e. The van der Waals surface area contributed by atoms with E-state index >= 15 is 0 Å². The van der Waals surface area contributed by atoms with Crippen LogP contribution in [0.4, 0.5) is 5.13 Å². The molecule has 1 aliphatic rings. The first-order chi connectivity index (χ1) is 21.7. The highest BCUT2D eigenvalue weighted by Gasteiger charge is 2.41. The van der Waals surface area contributed by atoms with Gasteiger partial charge in [-0.15, -0.1) is 10.2 Å². The van der Waals surface area contributed by atoms with Crippen molar-refractivity contribution in [2.24, 2.45) is 0 Å². The van der Waals surface area contributed by atoms with E-state index in [-0.39, 0.29) is 48.5 Å². The molecule has 240 valence electrons. The van der Waals surface area contributed by atoms with Crippen molar-refractivity contribution < 1.29 is 23.1 Å². The minimum absolute atomic E-state index is 0.0508. The van der Waals surface area contributed by atoms with Crippen molar-refractivity contribution in [2.45, 2.75) is 63.8 Å². The van der Waals surface area contributed by atoms with Gasteiger partial charge in [0.2, 0.25) is 22.2 Å². The third-order valence-electron chi connectivity index (χ3n) is 7.72. The van der Waals surface area contributed by atoms with Gasteiger partial charge in [0.15, 0.2) is 10.3 Å². The molecular weight excluding hydrogens is 636 g/mol. The summed E-state index contributed by atoms with van der Waals surface area (Å²) in [7, 11) is -4.00. The molecule has 0 aliphatic carbocycles. The van der Waals surface area contributed by atoms with Gasteiger partial charge in [0.1, 0.15) is 17.3 Å². The van der Waals surface area contributed by atoms with Crippen LogP contribution in [0, 0.1) is 0 Å². The Kier molecular flexibility index (Phi) is 10.7. The number of hydrogen-bond donors (Lipinski definition) is 2. The molecule has 1 amide bonds. The Labute approximate surface area is 272 Å². The number of aromatic nitrogens is 3. The zero-order chi connectivity index (χ0) is 32.1. The maximum atomic E-state index is 13.9. The second kappa shape index (κ2) is 14.5. The summed E-state index contributed by atoms with van der Waals surface area (Å²) in [4.78, 5) is 20.5. The quantitative estimate of drug-likeness (QED) is 0.209. The van der Waals surface area contributed by atoms with E-state index in [1.165, 1.54) is 21.2 Å². The zero-order valence-electron chi connectivity index (χ0n) is 25.4. The van der Waals surface area contributed by atoms with Crippen LogP contribution in [-0.4, -0.2) is 71.2 Å². The van der Waals surface area contributed by atoms with Gasteiger partial charge in [-0.25, -0.2) is 13.4 Å². The van der Waals surface area contributed by atoms with Crippen molar-refractivity contribution in [1.82, 2.24) is 24.8 Å². The molecule has 2 aromatic heterocycles. The second-order valence-electron chi connectivity index (χ2n) is 10.7. The molecule has 0 saturated carbocycles. The molecule has 3 heterocycles. The van der Waals surface area contributed by atoms with E-state index in [9.17, 15) is 18.3 Å². The Morgan fingerprint density at radius 2 is 1.76 bits per heavy atom. The number of anilines is 1.